The van der Waals surface area contributed by atoms with E-state index in [1.54, 1.807) is 4.52 Å². The van der Waals surface area contributed by atoms with Crippen LogP contribution in [0.3, 0.4) is 0 Å². The minimum Gasteiger partial charge on any atom is -0.348 e. The van der Waals surface area contributed by atoms with E-state index in [2.05, 4.69) is 20.4 Å². The van der Waals surface area contributed by atoms with Gasteiger partial charge in [0.2, 0.25) is 5.82 Å². The van der Waals surface area contributed by atoms with Gasteiger partial charge in [-0.15, -0.1) is 29.9 Å². The Bertz CT molecular complexity index is 570. The molecule has 0 fully saturated rings. The Hall–Kier alpha value is -1.44. The molecular weight excluding hydrogens is 291 g/mol. The molecule has 0 saturated carbocycles. The fraction of sp³-hybridized carbons (Fsp3) is 0.400. The van der Waals surface area contributed by atoms with Gasteiger partial charge in [-0.25, -0.2) is 9.50 Å². The summed E-state index contributed by atoms with van der Waals surface area (Å²) < 4.78 is 1.55. The molecule has 0 atom stereocenters. The number of hydrogen-bond acceptors (Lipinski definition) is 5. The Morgan fingerprint density at radius 3 is 2.68 bits per heavy atom. The molecule has 3 N–H and O–H groups in total. The van der Waals surface area contributed by atoms with Crippen molar-refractivity contribution in [3.05, 3.63) is 23.3 Å². The van der Waals surface area contributed by atoms with E-state index in [0.29, 0.717) is 18.9 Å². The summed E-state index contributed by atoms with van der Waals surface area (Å²) in [4.78, 5) is 19.9. The van der Waals surface area contributed by atoms with E-state index in [-0.39, 0.29) is 36.5 Å². The maximum absolute atomic E-state index is 11.6. The number of halogens is 2. The molecule has 2 aromatic heterocycles. The predicted octanol–water partition coefficient (Wildman–Crippen LogP) is 0.273. The monoisotopic (exact) mass is 306 g/mol. The second-order valence-corrected chi connectivity index (χ2v) is 3.73. The Morgan fingerprint density at radius 2 is 2.05 bits per heavy atom. The summed E-state index contributed by atoms with van der Waals surface area (Å²) in [6, 6.07) is 1.88. The second kappa shape index (κ2) is 7.22. The second-order valence-electron chi connectivity index (χ2n) is 3.73. The van der Waals surface area contributed by atoms with Crippen LogP contribution in [-0.4, -0.2) is 38.6 Å². The first-order valence-corrected chi connectivity index (χ1v) is 5.31. The molecule has 9 heteroatoms. The molecule has 0 aliphatic heterocycles. The van der Waals surface area contributed by atoms with Crippen LogP contribution in [0.1, 0.15) is 22.0 Å². The van der Waals surface area contributed by atoms with Crippen LogP contribution in [0.15, 0.2) is 6.07 Å². The van der Waals surface area contributed by atoms with Gasteiger partial charge >= 0.3 is 0 Å². The lowest BCUT2D eigenvalue weighted by atomic mass is 10.4. The van der Waals surface area contributed by atoms with Crippen LogP contribution in [0.5, 0.6) is 0 Å². The highest BCUT2D eigenvalue weighted by Crippen LogP contribution is 2.05. The van der Waals surface area contributed by atoms with Gasteiger partial charge in [0.05, 0.1) is 0 Å². The summed E-state index contributed by atoms with van der Waals surface area (Å²) >= 11 is 0. The number of aromatic nitrogens is 4. The number of nitrogens with zero attached hydrogens (tertiary/aromatic N) is 4. The highest BCUT2D eigenvalue weighted by atomic mass is 35.5. The number of aryl methyl sites for hydroxylation is 2. The van der Waals surface area contributed by atoms with Crippen molar-refractivity contribution >= 4 is 36.5 Å². The molecule has 2 heterocycles. The number of carbonyl (C=O) groups excluding carboxylic acids is 1. The molecule has 0 bridgehead atoms. The maximum Gasteiger partial charge on any atom is 0.291 e. The molecule has 0 unspecified atom stereocenters. The van der Waals surface area contributed by atoms with Crippen molar-refractivity contribution < 1.29 is 4.79 Å². The topological polar surface area (TPSA) is 98.2 Å². The van der Waals surface area contributed by atoms with Crippen LogP contribution in [-0.2, 0) is 0 Å². The lowest BCUT2D eigenvalue weighted by molar-refractivity contribution is 0.0944. The molecule has 7 nitrogen and oxygen atoms in total. The van der Waals surface area contributed by atoms with Crippen molar-refractivity contribution in [1.82, 2.24) is 24.9 Å². The first-order chi connectivity index (χ1) is 8.11. The number of rotatable bonds is 3. The van der Waals surface area contributed by atoms with E-state index < -0.39 is 0 Å². The largest absolute Gasteiger partial charge is 0.348 e. The Morgan fingerprint density at radius 1 is 1.37 bits per heavy atom. The zero-order valence-corrected chi connectivity index (χ0v) is 12.2. The van der Waals surface area contributed by atoms with Gasteiger partial charge in [0.15, 0.2) is 0 Å². The van der Waals surface area contributed by atoms with Crippen molar-refractivity contribution in [2.75, 3.05) is 13.1 Å². The molecule has 0 radical (unpaired) electrons. The highest BCUT2D eigenvalue weighted by Gasteiger charge is 2.13. The van der Waals surface area contributed by atoms with E-state index >= 15 is 0 Å². The normalized spacial score (nSPS) is 9.63. The molecular formula is C10H16Cl2N6O. The number of amides is 1. The van der Waals surface area contributed by atoms with Crippen LogP contribution < -0.4 is 11.1 Å². The number of nitrogens with two attached hydrogens (primary N) is 1. The van der Waals surface area contributed by atoms with E-state index in [4.69, 9.17) is 5.73 Å². The van der Waals surface area contributed by atoms with Gasteiger partial charge in [-0.3, -0.25) is 4.79 Å². The molecule has 0 aromatic carbocycles. The third kappa shape index (κ3) is 3.76. The zero-order chi connectivity index (χ0) is 12.4. The minimum atomic E-state index is -0.335. The molecule has 0 spiro atoms. The number of fused-ring (bicyclic) bond motifs is 1. The predicted molar refractivity (Wildman–Crippen MR) is 76.1 cm³/mol. The summed E-state index contributed by atoms with van der Waals surface area (Å²) in [5.74, 6) is 0.207. The van der Waals surface area contributed by atoms with E-state index in [0.717, 1.165) is 11.4 Å². The van der Waals surface area contributed by atoms with Crippen LogP contribution >= 0.6 is 24.8 Å². The van der Waals surface area contributed by atoms with Gasteiger partial charge < -0.3 is 11.1 Å². The summed E-state index contributed by atoms with van der Waals surface area (Å²) in [5, 5.41) is 6.71. The fourth-order valence-corrected chi connectivity index (χ4v) is 1.53. The molecule has 1 amide bonds. The molecule has 2 aromatic rings. The van der Waals surface area contributed by atoms with Crippen molar-refractivity contribution in [3.8, 4) is 0 Å². The number of nitrogens with one attached hydrogen (secondary N) is 1. The molecule has 0 aliphatic carbocycles. The third-order valence-electron chi connectivity index (χ3n) is 2.25. The van der Waals surface area contributed by atoms with Crippen LogP contribution in [0, 0.1) is 13.8 Å². The van der Waals surface area contributed by atoms with Crippen LogP contribution in [0.25, 0.3) is 5.78 Å². The van der Waals surface area contributed by atoms with Crippen molar-refractivity contribution in [2.45, 2.75) is 13.8 Å². The van der Waals surface area contributed by atoms with Crippen LogP contribution in [0.2, 0.25) is 0 Å². The Labute approximate surface area is 122 Å². The van der Waals surface area contributed by atoms with E-state index in [1.165, 1.54) is 0 Å². The van der Waals surface area contributed by atoms with Gasteiger partial charge in [-0.2, -0.15) is 4.98 Å². The summed E-state index contributed by atoms with van der Waals surface area (Å²) in [6.07, 6.45) is 0. The van der Waals surface area contributed by atoms with Crippen molar-refractivity contribution in [3.63, 3.8) is 0 Å². The maximum atomic E-state index is 11.6. The summed E-state index contributed by atoms with van der Waals surface area (Å²) in [6.45, 7) is 4.54. The highest BCUT2D eigenvalue weighted by molar-refractivity contribution is 5.90. The number of carbonyl (C=O) groups is 1. The van der Waals surface area contributed by atoms with Gasteiger partial charge in [-0.05, 0) is 19.9 Å². The van der Waals surface area contributed by atoms with Crippen LogP contribution in [0.4, 0.5) is 0 Å². The molecule has 0 aliphatic rings. The Kier molecular flexibility index (Phi) is 6.68. The quantitative estimate of drug-likeness (QED) is 0.848. The lowest BCUT2D eigenvalue weighted by Gasteiger charge is -1.98. The smallest absolute Gasteiger partial charge is 0.291 e. The van der Waals surface area contributed by atoms with E-state index in [9.17, 15) is 4.79 Å². The van der Waals surface area contributed by atoms with E-state index in [1.807, 2.05) is 19.9 Å². The molecule has 19 heavy (non-hydrogen) atoms. The molecule has 106 valence electrons. The van der Waals surface area contributed by atoms with Gasteiger partial charge in [-0.1, -0.05) is 0 Å². The van der Waals surface area contributed by atoms with Gasteiger partial charge in [0, 0.05) is 24.5 Å². The van der Waals surface area contributed by atoms with Crippen molar-refractivity contribution in [1.29, 1.82) is 0 Å². The first-order valence-electron chi connectivity index (χ1n) is 5.31. The molecule has 2 rings (SSSR count). The van der Waals surface area contributed by atoms with Gasteiger partial charge in [0.25, 0.3) is 11.7 Å². The average Bonchev–Trinajstić information content (AvgIpc) is 2.69. The first kappa shape index (κ1) is 17.6. The average molecular weight is 307 g/mol. The minimum absolute atomic E-state index is 0. The Balaban J connectivity index is 0.00000162. The number of hydrogen-bond donors (Lipinski definition) is 2. The van der Waals surface area contributed by atoms with Crippen molar-refractivity contribution in [2.24, 2.45) is 5.73 Å². The van der Waals surface area contributed by atoms with Gasteiger partial charge in [0.1, 0.15) is 0 Å². The third-order valence-corrected chi connectivity index (χ3v) is 2.25. The zero-order valence-electron chi connectivity index (χ0n) is 10.6. The summed E-state index contributed by atoms with van der Waals surface area (Å²) in [5.41, 5.74) is 7.03. The standard InChI is InChI=1S/C10H14N6O.2ClH/c1-6-5-7(2)16-10(13-6)14-8(15-16)9(17)12-4-3-11;;/h5H,3-4,11H2,1-2H3,(H,12,17);2*1H. The summed E-state index contributed by atoms with van der Waals surface area (Å²) in [7, 11) is 0. The lowest BCUT2D eigenvalue weighted by Crippen LogP contribution is -2.29. The SMILES string of the molecule is Cc1cc(C)n2nc(C(=O)NCCN)nc2n1.Cl.Cl. The fourth-order valence-electron chi connectivity index (χ4n) is 1.53. The molecule has 0 saturated heterocycles.